The summed E-state index contributed by atoms with van der Waals surface area (Å²) in [6.45, 7) is 1.18. The standard InChI is InChI=1S/C20H14F10N4O2S/c1-3-37(35,36)13-8-12(18(22,23)24)9-31-14(13)16-33-32-15(34(16)2)10-4-6-11(7-5-10)17(21,19(25,26)27)20(28,29)30/h4-9H,3H2,1-2H3. The minimum Gasteiger partial charge on any atom is -0.309 e. The molecule has 0 saturated heterocycles. The molecule has 17 heteroatoms. The van der Waals surface area contributed by atoms with Crippen LogP contribution >= 0.6 is 0 Å². The van der Waals surface area contributed by atoms with E-state index in [1.807, 2.05) is 0 Å². The summed E-state index contributed by atoms with van der Waals surface area (Å²) in [6, 6.07) is 2.24. The van der Waals surface area contributed by atoms with Gasteiger partial charge in [0.15, 0.2) is 21.5 Å². The lowest BCUT2D eigenvalue weighted by atomic mass is 9.93. The van der Waals surface area contributed by atoms with Crippen LogP contribution in [0.3, 0.4) is 0 Å². The zero-order valence-electron chi connectivity index (χ0n) is 18.5. The molecule has 1 aromatic carbocycles. The predicted octanol–water partition coefficient (Wildman–Crippen LogP) is 5.65. The maximum Gasteiger partial charge on any atom is 0.435 e. The van der Waals surface area contributed by atoms with Crippen molar-refractivity contribution < 1.29 is 52.3 Å². The minimum atomic E-state index is -6.32. The van der Waals surface area contributed by atoms with Crippen LogP contribution in [0.5, 0.6) is 0 Å². The van der Waals surface area contributed by atoms with Gasteiger partial charge < -0.3 is 4.57 Å². The van der Waals surface area contributed by atoms with E-state index in [0.29, 0.717) is 24.4 Å². The van der Waals surface area contributed by atoms with Gasteiger partial charge in [0.25, 0.3) is 0 Å². The molecule has 0 saturated carbocycles. The fourth-order valence-corrected chi connectivity index (χ4v) is 4.34. The van der Waals surface area contributed by atoms with Crippen LogP contribution in [0.1, 0.15) is 18.1 Å². The molecule has 0 aliphatic rings. The number of alkyl halides is 10. The van der Waals surface area contributed by atoms with Crippen LogP contribution in [0.15, 0.2) is 41.4 Å². The number of benzene rings is 1. The van der Waals surface area contributed by atoms with Gasteiger partial charge in [0, 0.05) is 24.4 Å². The Kier molecular flexibility index (Phi) is 6.85. The van der Waals surface area contributed by atoms with Crippen molar-refractivity contribution in [3.8, 4) is 22.9 Å². The summed E-state index contributed by atoms with van der Waals surface area (Å²) in [5.74, 6) is -1.21. The van der Waals surface area contributed by atoms with E-state index in [9.17, 15) is 52.3 Å². The zero-order chi connectivity index (χ0) is 28.2. The zero-order valence-corrected chi connectivity index (χ0v) is 19.3. The number of rotatable bonds is 5. The van der Waals surface area contributed by atoms with Gasteiger partial charge in [-0.2, -0.15) is 39.5 Å². The topological polar surface area (TPSA) is 77.7 Å². The van der Waals surface area contributed by atoms with Crippen LogP contribution in [0, 0.1) is 0 Å². The summed E-state index contributed by atoms with van der Waals surface area (Å²) in [5, 5.41) is 7.37. The Labute approximate surface area is 201 Å². The Morgan fingerprint density at radius 1 is 0.811 bits per heavy atom. The van der Waals surface area contributed by atoms with Gasteiger partial charge in [-0.3, -0.25) is 4.98 Å². The first-order valence-electron chi connectivity index (χ1n) is 9.88. The first-order valence-corrected chi connectivity index (χ1v) is 11.5. The summed E-state index contributed by atoms with van der Waals surface area (Å²) in [6.07, 6.45) is -17.2. The number of hydrogen-bond acceptors (Lipinski definition) is 5. The van der Waals surface area contributed by atoms with Crippen molar-refractivity contribution >= 4 is 9.84 Å². The monoisotopic (exact) mass is 564 g/mol. The van der Waals surface area contributed by atoms with Gasteiger partial charge in [-0.05, 0) is 6.07 Å². The van der Waals surface area contributed by atoms with Crippen LogP contribution in [0.2, 0.25) is 0 Å². The molecular weight excluding hydrogens is 550 g/mol. The summed E-state index contributed by atoms with van der Waals surface area (Å²) >= 11 is 0. The second-order valence-corrected chi connectivity index (χ2v) is 9.86. The van der Waals surface area contributed by atoms with Gasteiger partial charge in [0.05, 0.1) is 16.2 Å². The third kappa shape index (κ3) is 4.87. The van der Waals surface area contributed by atoms with Crippen LogP contribution in [0.4, 0.5) is 43.9 Å². The highest BCUT2D eigenvalue weighted by Gasteiger charge is 2.73. The molecule has 6 nitrogen and oxygen atoms in total. The SMILES string of the molecule is CCS(=O)(=O)c1cc(C(F)(F)F)cnc1-c1nnc(-c2ccc(C(F)(C(F)(F)F)C(F)(F)F)cc2)n1C. The molecule has 2 heterocycles. The van der Waals surface area contributed by atoms with E-state index >= 15 is 0 Å². The van der Waals surface area contributed by atoms with Crippen LogP contribution in [0.25, 0.3) is 22.9 Å². The molecule has 0 radical (unpaired) electrons. The number of halogens is 10. The van der Waals surface area contributed by atoms with E-state index in [-0.39, 0.29) is 29.3 Å². The Balaban J connectivity index is 2.13. The number of aromatic nitrogens is 4. The van der Waals surface area contributed by atoms with E-state index in [1.54, 1.807) is 0 Å². The van der Waals surface area contributed by atoms with Gasteiger partial charge in [0.1, 0.15) is 5.69 Å². The van der Waals surface area contributed by atoms with Crippen molar-refractivity contribution in [2.45, 2.75) is 36.0 Å². The Morgan fingerprint density at radius 2 is 1.32 bits per heavy atom. The molecule has 3 aromatic rings. The lowest BCUT2D eigenvalue weighted by Gasteiger charge is -2.30. The van der Waals surface area contributed by atoms with Gasteiger partial charge in [-0.1, -0.05) is 31.2 Å². The average molecular weight is 564 g/mol. The number of pyridine rings is 1. The van der Waals surface area contributed by atoms with Gasteiger partial charge in [0.2, 0.25) is 0 Å². The number of hydrogen-bond donors (Lipinski definition) is 0. The molecule has 0 spiro atoms. The third-order valence-electron chi connectivity index (χ3n) is 5.30. The molecule has 0 unspecified atom stereocenters. The second-order valence-electron chi connectivity index (χ2n) is 7.61. The van der Waals surface area contributed by atoms with Crippen molar-refractivity contribution in [1.29, 1.82) is 0 Å². The highest BCUT2D eigenvalue weighted by Crippen LogP contribution is 2.53. The van der Waals surface area contributed by atoms with Crippen molar-refractivity contribution in [2.75, 3.05) is 5.75 Å². The van der Waals surface area contributed by atoms with Crippen molar-refractivity contribution in [3.63, 3.8) is 0 Å². The predicted molar refractivity (Wildman–Crippen MR) is 107 cm³/mol. The van der Waals surface area contributed by atoms with Crippen molar-refractivity contribution in [1.82, 2.24) is 19.7 Å². The molecule has 0 bridgehead atoms. The van der Waals surface area contributed by atoms with E-state index < -0.39 is 61.5 Å². The molecule has 0 fully saturated rings. The van der Waals surface area contributed by atoms with E-state index in [0.717, 1.165) is 4.57 Å². The molecule has 0 atom stereocenters. The smallest absolute Gasteiger partial charge is 0.309 e. The molecule has 0 N–H and O–H groups in total. The first-order chi connectivity index (χ1) is 16.8. The summed E-state index contributed by atoms with van der Waals surface area (Å²) in [4.78, 5) is 2.76. The summed E-state index contributed by atoms with van der Waals surface area (Å²) < 4.78 is 157. The molecule has 202 valence electrons. The highest BCUT2D eigenvalue weighted by atomic mass is 32.2. The normalized spacial score (nSPS) is 13.7. The molecule has 37 heavy (non-hydrogen) atoms. The van der Waals surface area contributed by atoms with E-state index in [4.69, 9.17) is 0 Å². The number of nitrogens with zero attached hydrogens (tertiary/aromatic N) is 4. The molecule has 0 aliphatic heterocycles. The summed E-state index contributed by atoms with van der Waals surface area (Å²) in [7, 11) is -3.08. The Bertz CT molecular complexity index is 1390. The quantitative estimate of drug-likeness (QED) is 0.375. The third-order valence-corrected chi connectivity index (χ3v) is 7.05. The molecule has 2 aromatic heterocycles. The number of sulfone groups is 1. The van der Waals surface area contributed by atoms with Gasteiger partial charge in [-0.25, -0.2) is 12.8 Å². The average Bonchev–Trinajstić information content (AvgIpc) is 3.17. The maximum absolute atomic E-state index is 14.3. The van der Waals surface area contributed by atoms with Crippen LogP contribution < -0.4 is 0 Å². The van der Waals surface area contributed by atoms with Crippen molar-refractivity contribution in [2.24, 2.45) is 7.05 Å². The molecule has 0 amide bonds. The van der Waals surface area contributed by atoms with Gasteiger partial charge >= 0.3 is 24.2 Å². The molecule has 0 aliphatic carbocycles. The van der Waals surface area contributed by atoms with Gasteiger partial charge in [-0.15, -0.1) is 10.2 Å². The Morgan fingerprint density at radius 3 is 1.78 bits per heavy atom. The minimum absolute atomic E-state index is 0.163. The fraction of sp³-hybridized carbons (Fsp3) is 0.350. The fourth-order valence-electron chi connectivity index (χ4n) is 3.28. The van der Waals surface area contributed by atoms with E-state index in [2.05, 4.69) is 15.2 Å². The first kappa shape index (κ1) is 28.3. The van der Waals surface area contributed by atoms with Crippen LogP contribution in [-0.2, 0) is 28.7 Å². The van der Waals surface area contributed by atoms with E-state index in [1.165, 1.54) is 14.0 Å². The molecular formula is C20H14F10N4O2S. The van der Waals surface area contributed by atoms with Crippen LogP contribution in [-0.4, -0.2) is 46.3 Å². The largest absolute Gasteiger partial charge is 0.435 e. The second kappa shape index (κ2) is 8.95. The van der Waals surface area contributed by atoms with Crippen molar-refractivity contribution in [3.05, 3.63) is 47.7 Å². The highest BCUT2D eigenvalue weighted by molar-refractivity contribution is 7.91. The maximum atomic E-state index is 14.3. The lowest BCUT2D eigenvalue weighted by Crippen LogP contribution is -2.50. The lowest BCUT2D eigenvalue weighted by molar-refractivity contribution is -0.348. The molecule has 3 rings (SSSR count). The summed E-state index contributed by atoms with van der Waals surface area (Å²) in [5.41, 5.74) is -9.45. The Hall–Kier alpha value is -3.24.